The van der Waals surface area contributed by atoms with Crippen LogP contribution in [-0.2, 0) is 0 Å². The normalized spacial score (nSPS) is 18.1. The number of carbonyl (C=O) groups excluding carboxylic acids is 1. The highest BCUT2D eigenvalue weighted by Gasteiger charge is 2.40. The van der Waals surface area contributed by atoms with E-state index in [1.165, 1.54) is 0 Å². The lowest BCUT2D eigenvalue weighted by molar-refractivity contribution is 0.0992. The highest BCUT2D eigenvalue weighted by molar-refractivity contribution is 6.15. The van der Waals surface area contributed by atoms with E-state index in [0.29, 0.717) is 6.42 Å². The molecule has 2 aliphatic heterocycles. The molecule has 0 saturated heterocycles. The van der Waals surface area contributed by atoms with Crippen LogP contribution < -0.4 is 4.90 Å². The summed E-state index contributed by atoms with van der Waals surface area (Å²) in [5.74, 6) is 0.0672. The molecule has 0 aromatic heterocycles. The van der Waals surface area contributed by atoms with Crippen LogP contribution in [0.15, 0.2) is 83.9 Å². The summed E-state index contributed by atoms with van der Waals surface area (Å²) >= 11 is 0. The van der Waals surface area contributed by atoms with E-state index in [2.05, 4.69) is 18.2 Å². The predicted octanol–water partition coefficient (Wildman–Crippen LogP) is 4.91. The molecule has 0 aliphatic carbocycles. The number of nitrogens with zero attached hydrogens (tertiary/aromatic N) is 2. The van der Waals surface area contributed by atoms with Crippen molar-refractivity contribution in [3.05, 3.63) is 95.6 Å². The van der Waals surface area contributed by atoms with E-state index in [1.807, 2.05) is 65.6 Å². The van der Waals surface area contributed by atoms with Gasteiger partial charge in [-0.2, -0.15) is 0 Å². The zero-order chi connectivity index (χ0) is 16.8. The fourth-order valence-electron chi connectivity index (χ4n) is 3.82. The van der Waals surface area contributed by atoms with Gasteiger partial charge in [0.2, 0.25) is 0 Å². The molecule has 3 nitrogen and oxygen atoms in total. The molecule has 5 rings (SSSR count). The number of anilines is 1. The average Bonchev–Trinajstić information content (AvgIpc) is 2.84. The van der Waals surface area contributed by atoms with Gasteiger partial charge in [0.25, 0.3) is 5.91 Å². The highest BCUT2D eigenvalue weighted by atomic mass is 16.2. The second-order valence-corrected chi connectivity index (χ2v) is 6.40. The molecule has 120 valence electrons. The number of fused-ring (bicyclic) bond motifs is 5. The van der Waals surface area contributed by atoms with Crippen LogP contribution in [0.25, 0.3) is 0 Å². The van der Waals surface area contributed by atoms with Gasteiger partial charge in [0.1, 0.15) is 0 Å². The molecular weight excluding hydrogens is 308 g/mol. The highest BCUT2D eigenvalue weighted by Crippen LogP contribution is 2.45. The first-order valence-corrected chi connectivity index (χ1v) is 8.47. The van der Waals surface area contributed by atoms with E-state index in [9.17, 15) is 4.79 Å². The Morgan fingerprint density at radius 1 is 0.840 bits per heavy atom. The van der Waals surface area contributed by atoms with Crippen LogP contribution in [0.5, 0.6) is 0 Å². The van der Waals surface area contributed by atoms with Crippen LogP contribution in [0.1, 0.15) is 33.9 Å². The summed E-state index contributed by atoms with van der Waals surface area (Å²) in [4.78, 5) is 19.9. The fraction of sp³-hybridized carbons (Fsp3) is 0.0909. The summed E-state index contributed by atoms with van der Waals surface area (Å²) in [5.41, 5.74) is 5.76. The summed E-state index contributed by atoms with van der Waals surface area (Å²) in [7, 11) is 0. The average molecular weight is 324 g/mol. The van der Waals surface area contributed by atoms with Crippen LogP contribution >= 0.6 is 0 Å². The Kier molecular flexibility index (Phi) is 3.07. The van der Waals surface area contributed by atoms with Gasteiger partial charge in [-0.3, -0.25) is 14.7 Å². The van der Waals surface area contributed by atoms with E-state index in [1.54, 1.807) is 0 Å². The SMILES string of the molecule is O=C1c2ccccc2C2CC(c3ccccc3)=Nc3ccccc3N12. The Balaban J connectivity index is 1.74. The van der Waals surface area contributed by atoms with Crippen LogP contribution in [0.2, 0.25) is 0 Å². The number of para-hydroxylation sites is 2. The molecule has 0 spiro atoms. The number of amides is 1. The Morgan fingerprint density at radius 2 is 1.56 bits per heavy atom. The largest absolute Gasteiger partial charge is 0.298 e. The molecular formula is C22H16N2O. The Morgan fingerprint density at radius 3 is 2.44 bits per heavy atom. The van der Waals surface area contributed by atoms with Crippen molar-refractivity contribution < 1.29 is 4.79 Å². The van der Waals surface area contributed by atoms with Crippen molar-refractivity contribution in [3.63, 3.8) is 0 Å². The van der Waals surface area contributed by atoms with Crippen LogP contribution in [0.4, 0.5) is 11.4 Å². The third kappa shape index (κ3) is 2.13. The summed E-state index contributed by atoms with van der Waals surface area (Å²) in [6.45, 7) is 0. The van der Waals surface area contributed by atoms with Gasteiger partial charge in [0, 0.05) is 12.0 Å². The second kappa shape index (κ2) is 5.42. The smallest absolute Gasteiger partial charge is 0.259 e. The first-order chi connectivity index (χ1) is 12.3. The number of hydrogen-bond donors (Lipinski definition) is 0. The molecule has 0 fully saturated rings. The maximum Gasteiger partial charge on any atom is 0.259 e. The third-order valence-corrected chi connectivity index (χ3v) is 4.97. The number of rotatable bonds is 1. The van der Waals surface area contributed by atoms with Crippen molar-refractivity contribution in [1.82, 2.24) is 0 Å². The molecule has 1 unspecified atom stereocenters. The molecule has 0 bridgehead atoms. The Labute approximate surface area is 146 Å². The molecule has 0 saturated carbocycles. The standard InChI is InChI=1S/C22H16N2O/c25-22-17-11-5-4-10-16(17)21-14-19(15-8-2-1-3-9-15)23-18-12-6-7-13-20(18)24(21)22/h1-13,21H,14H2. The topological polar surface area (TPSA) is 32.7 Å². The van der Waals surface area contributed by atoms with Gasteiger partial charge in [0.15, 0.2) is 0 Å². The first-order valence-electron chi connectivity index (χ1n) is 8.47. The number of carbonyl (C=O) groups is 1. The van der Waals surface area contributed by atoms with E-state index in [0.717, 1.165) is 33.8 Å². The summed E-state index contributed by atoms with van der Waals surface area (Å²) in [6, 6.07) is 26.1. The van der Waals surface area contributed by atoms with Gasteiger partial charge in [-0.1, -0.05) is 60.7 Å². The van der Waals surface area contributed by atoms with E-state index in [4.69, 9.17) is 4.99 Å². The van der Waals surface area contributed by atoms with E-state index in [-0.39, 0.29) is 11.9 Å². The lowest BCUT2D eigenvalue weighted by atomic mass is 9.97. The maximum absolute atomic E-state index is 13.1. The number of aliphatic imine (C=N–C) groups is 1. The first kappa shape index (κ1) is 14.2. The van der Waals surface area contributed by atoms with Crippen molar-refractivity contribution in [2.45, 2.75) is 12.5 Å². The van der Waals surface area contributed by atoms with Crippen LogP contribution in [0.3, 0.4) is 0 Å². The number of hydrogen-bond acceptors (Lipinski definition) is 2. The fourth-order valence-corrected chi connectivity index (χ4v) is 3.82. The predicted molar refractivity (Wildman–Crippen MR) is 99.7 cm³/mol. The minimum atomic E-state index is -0.00805. The summed E-state index contributed by atoms with van der Waals surface area (Å²) < 4.78 is 0. The summed E-state index contributed by atoms with van der Waals surface area (Å²) in [5, 5.41) is 0. The molecule has 1 amide bonds. The summed E-state index contributed by atoms with van der Waals surface area (Å²) in [6.07, 6.45) is 0.710. The van der Waals surface area contributed by atoms with Crippen LogP contribution in [0, 0.1) is 0 Å². The molecule has 0 N–H and O–H groups in total. The van der Waals surface area contributed by atoms with Crippen molar-refractivity contribution in [1.29, 1.82) is 0 Å². The van der Waals surface area contributed by atoms with E-state index >= 15 is 0 Å². The molecule has 3 aromatic carbocycles. The Bertz CT molecular complexity index is 1010. The van der Waals surface area contributed by atoms with Gasteiger partial charge < -0.3 is 0 Å². The van der Waals surface area contributed by atoms with Gasteiger partial charge in [0.05, 0.1) is 23.1 Å². The lowest BCUT2D eigenvalue weighted by Crippen LogP contribution is -2.28. The van der Waals surface area contributed by atoms with Gasteiger partial charge in [-0.15, -0.1) is 0 Å². The van der Waals surface area contributed by atoms with Crippen molar-refractivity contribution in [2.24, 2.45) is 4.99 Å². The zero-order valence-corrected chi connectivity index (χ0v) is 13.6. The van der Waals surface area contributed by atoms with Crippen molar-refractivity contribution in [2.75, 3.05) is 4.90 Å². The minimum Gasteiger partial charge on any atom is -0.298 e. The minimum absolute atomic E-state index is 0.00805. The quantitative estimate of drug-likeness (QED) is 0.626. The second-order valence-electron chi connectivity index (χ2n) is 6.40. The zero-order valence-electron chi connectivity index (χ0n) is 13.6. The third-order valence-electron chi connectivity index (χ3n) is 4.97. The molecule has 3 heteroatoms. The molecule has 1 atom stereocenters. The maximum atomic E-state index is 13.1. The number of benzene rings is 3. The van der Waals surface area contributed by atoms with Gasteiger partial charge >= 0.3 is 0 Å². The van der Waals surface area contributed by atoms with E-state index < -0.39 is 0 Å². The monoisotopic (exact) mass is 324 g/mol. The van der Waals surface area contributed by atoms with Crippen molar-refractivity contribution >= 4 is 23.0 Å². The lowest BCUT2D eigenvalue weighted by Gasteiger charge is -2.24. The Hall–Kier alpha value is -3.20. The van der Waals surface area contributed by atoms with Crippen molar-refractivity contribution in [3.8, 4) is 0 Å². The van der Waals surface area contributed by atoms with Crippen LogP contribution in [-0.4, -0.2) is 11.6 Å². The molecule has 2 heterocycles. The molecule has 2 aliphatic rings. The molecule has 0 radical (unpaired) electrons. The molecule has 3 aromatic rings. The van der Waals surface area contributed by atoms with Gasteiger partial charge in [-0.25, -0.2) is 0 Å². The van der Waals surface area contributed by atoms with Gasteiger partial charge in [-0.05, 0) is 29.3 Å². The molecule has 25 heavy (non-hydrogen) atoms.